The second-order valence-electron chi connectivity index (χ2n) is 8.41. The minimum Gasteiger partial charge on any atom is -0.354 e. The maximum absolute atomic E-state index is 6.14. The van der Waals surface area contributed by atoms with Crippen LogP contribution in [-0.4, -0.2) is 64.9 Å². The fraction of sp³-hybridized carbons (Fsp3) is 0.375. The Morgan fingerprint density at radius 2 is 1.94 bits per heavy atom. The molecule has 1 aromatic carbocycles. The third kappa shape index (κ3) is 5.87. The van der Waals surface area contributed by atoms with Crippen LogP contribution in [0.2, 0.25) is 5.02 Å². The summed E-state index contributed by atoms with van der Waals surface area (Å²) in [5.74, 6) is 2.45. The number of guanidine groups is 1. The molecule has 168 valence electrons. The number of nitrogens with one attached hydrogen (secondary N) is 2. The van der Waals surface area contributed by atoms with Crippen molar-refractivity contribution < 1.29 is 0 Å². The van der Waals surface area contributed by atoms with Crippen LogP contribution in [0, 0.1) is 12.8 Å². The van der Waals surface area contributed by atoms with E-state index in [4.69, 9.17) is 21.6 Å². The van der Waals surface area contributed by atoms with Gasteiger partial charge in [0.15, 0.2) is 5.82 Å². The molecule has 1 atom stereocenters. The second kappa shape index (κ2) is 10.1. The third-order valence-corrected chi connectivity index (χ3v) is 5.92. The van der Waals surface area contributed by atoms with Gasteiger partial charge in [0, 0.05) is 54.6 Å². The summed E-state index contributed by atoms with van der Waals surface area (Å²) >= 11 is 6.14. The van der Waals surface area contributed by atoms with Gasteiger partial charge in [-0.2, -0.15) is 10.1 Å². The summed E-state index contributed by atoms with van der Waals surface area (Å²) in [6.07, 6.45) is 7.20. The Balaban J connectivity index is 1.64. The molecule has 4 rings (SSSR count). The van der Waals surface area contributed by atoms with Crippen molar-refractivity contribution in [2.45, 2.75) is 20.3 Å². The van der Waals surface area contributed by atoms with Gasteiger partial charge in [0.25, 0.3) is 0 Å². The van der Waals surface area contributed by atoms with E-state index in [1.54, 1.807) is 0 Å². The largest absolute Gasteiger partial charge is 0.354 e. The van der Waals surface area contributed by atoms with Crippen molar-refractivity contribution in [2.24, 2.45) is 15.9 Å². The molecule has 3 heterocycles. The number of allylic oxidation sites excluding steroid dienone is 2. The number of aliphatic imine (C=N–C) groups is 2. The van der Waals surface area contributed by atoms with Crippen LogP contribution in [0.1, 0.15) is 24.6 Å². The first-order chi connectivity index (χ1) is 15.5. The first-order valence-electron chi connectivity index (χ1n) is 11.0. The van der Waals surface area contributed by atoms with Crippen LogP contribution < -0.4 is 5.32 Å². The van der Waals surface area contributed by atoms with Gasteiger partial charge in [0.1, 0.15) is 5.82 Å². The molecule has 0 spiro atoms. The van der Waals surface area contributed by atoms with E-state index in [0.717, 1.165) is 60.4 Å². The van der Waals surface area contributed by atoms with Gasteiger partial charge in [-0.3, -0.25) is 5.10 Å². The summed E-state index contributed by atoms with van der Waals surface area (Å²) in [4.78, 5) is 14.5. The minimum absolute atomic E-state index is 0.237. The summed E-state index contributed by atoms with van der Waals surface area (Å²) < 4.78 is 0. The number of aromatic amines is 1. The summed E-state index contributed by atoms with van der Waals surface area (Å²) in [5, 5.41) is 11.3. The topological polar surface area (TPSA) is 71.9 Å². The van der Waals surface area contributed by atoms with Crippen LogP contribution >= 0.6 is 11.6 Å². The number of aromatic nitrogens is 2. The van der Waals surface area contributed by atoms with Gasteiger partial charge in [-0.15, -0.1) is 0 Å². The maximum Gasteiger partial charge on any atom is 0.230 e. The van der Waals surface area contributed by atoms with Crippen molar-refractivity contribution in [3.05, 3.63) is 64.6 Å². The van der Waals surface area contributed by atoms with Gasteiger partial charge >= 0.3 is 0 Å². The molecule has 0 radical (unpaired) electrons. The number of rotatable bonds is 4. The van der Waals surface area contributed by atoms with E-state index in [-0.39, 0.29) is 5.92 Å². The molecule has 0 aliphatic carbocycles. The number of anilines is 1. The third-order valence-electron chi connectivity index (χ3n) is 5.68. The highest BCUT2D eigenvalue weighted by Crippen LogP contribution is 2.20. The van der Waals surface area contributed by atoms with E-state index >= 15 is 0 Å². The summed E-state index contributed by atoms with van der Waals surface area (Å²) in [5.41, 5.74) is 2.97. The molecule has 2 aliphatic heterocycles. The molecule has 2 aliphatic rings. The van der Waals surface area contributed by atoms with Crippen LogP contribution in [0.3, 0.4) is 0 Å². The Kier molecular flexibility index (Phi) is 7.07. The van der Waals surface area contributed by atoms with Crippen molar-refractivity contribution in [1.82, 2.24) is 20.0 Å². The Hall–Kier alpha value is -2.90. The number of nitrogens with zero attached hydrogens (tertiary/aromatic N) is 5. The number of hydrogen-bond acceptors (Lipinski definition) is 6. The monoisotopic (exact) mass is 451 g/mol. The van der Waals surface area contributed by atoms with Gasteiger partial charge in [-0.1, -0.05) is 36.7 Å². The van der Waals surface area contributed by atoms with Gasteiger partial charge in [-0.05, 0) is 50.2 Å². The average Bonchev–Trinajstić information content (AvgIpc) is 3.17. The number of benzene rings is 1. The fourth-order valence-electron chi connectivity index (χ4n) is 3.70. The van der Waals surface area contributed by atoms with E-state index in [2.05, 4.69) is 51.4 Å². The molecule has 1 aromatic heterocycles. The van der Waals surface area contributed by atoms with Gasteiger partial charge < -0.3 is 15.1 Å². The van der Waals surface area contributed by atoms with E-state index < -0.39 is 0 Å². The van der Waals surface area contributed by atoms with Gasteiger partial charge in [-0.25, -0.2) is 4.99 Å². The van der Waals surface area contributed by atoms with E-state index in [0.29, 0.717) is 11.8 Å². The number of H-pyrrole nitrogens is 1. The first kappa shape index (κ1) is 22.3. The maximum atomic E-state index is 6.14. The lowest BCUT2D eigenvalue weighted by Crippen LogP contribution is -2.43. The molecule has 0 bridgehead atoms. The zero-order valence-corrected chi connectivity index (χ0v) is 19.6. The summed E-state index contributed by atoms with van der Waals surface area (Å²) in [6.45, 7) is 8.14. The molecule has 7 nitrogen and oxygen atoms in total. The van der Waals surface area contributed by atoms with Crippen LogP contribution in [0.5, 0.6) is 0 Å². The Labute approximate surface area is 194 Å². The van der Waals surface area contributed by atoms with Crippen LogP contribution in [-0.2, 0) is 0 Å². The number of hydrogen-bond donors (Lipinski definition) is 2. The zero-order valence-electron chi connectivity index (χ0n) is 18.8. The number of aryl methyl sites for hydroxylation is 1. The van der Waals surface area contributed by atoms with E-state index in [1.165, 1.54) is 0 Å². The highest BCUT2D eigenvalue weighted by atomic mass is 35.5. The highest BCUT2D eigenvalue weighted by molar-refractivity contribution is 6.30. The predicted octanol–water partition coefficient (Wildman–Crippen LogP) is 4.42. The molecule has 1 fully saturated rings. The van der Waals surface area contributed by atoms with Crippen LogP contribution in [0.4, 0.5) is 5.82 Å². The fourth-order valence-corrected chi connectivity index (χ4v) is 3.89. The van der Waals surface area contributed by atoms with Gasteiger partial charge in [0.2, 0.25) is 5.96 Å². The van der Waals surface area contributed by atoms with Crippen LogP contribution in [0.25, 0.3) is 6.08 Å². The van der Waals surface area contributed by atoms with Gasteiger partial charge in [0.05, 0.1) is 0 Å². The quantitative estimate of drug-likeness (QED) is 0.721. The Morgan fingerprint density at radius 1 is 1.12 bits per heavy atom. The summed E-state index contributed by atoms with van der Waals surface area (Å²) in [7, 11) is 2.16. The Morgan fingerprint density at radius 3 is 2.66 bits per heavy atom. The number of likely N-dealkylation sites (N-methyl/N-ethyl adjacent to an activating group) is 1. The number of piperazine rings is 1. The van der Waals surface area contributed by atoms with E-state index in [1.807, 2.05) is 43.3 Å². The summed E-state index contributed by atoms with van der Waals surface area (Å²) in [6, 6.07) is 9.74. The number of halogens is 1. The molecule has 2 aromatic rings. The van der Waals surface area contributed by atoms with Crippen molar-refractivity contribution in [3.8, 4) is 0 Å². The molecular formula is C24H30ClN7. The minimum atomic E-state index is 0.237. The van der Waals surface area contributed by atoms with E-state index in [9.17, 15) is 0 Å². The highest BCUT2D eigenvalue weighted by Gasteiger charge is 2.20. The van der Waals surface area contributed by atoms with Crippen LogP contribution in [0.15, 0.2) is 58.3 Å². The predicted molar refractivity (Wildman–Crippen MR) is 133 cm³/mol. The molecule has 0 saturated carbocycles. The van der Waals surface area contributed by atoms with Crippen molar-refractivity contribution in [2.75, 3.05) is 38.5 Å². The molecule has 1 unspecified atom stereocenters. The van der Waals surface area contributed by atoms with Crippen molar-refractivity contribution >= 4 is 35.2 Å². The zero-order chi connectivity index (χ0) is 22.5. The molecule has 0 amide bonds. The standard InChI is InChI=1S/C24H30ClN7/c1-17-7-10-23(32-13-11-31(3)12-14-32)28-24(27-22-15-18(2)29-30-22)26-21(17)9-8-19-5-4-6-20(25)16-19/h4-6,8-10,15-17H,7,11-14H2,1-3H3,(H2,27,28,29,30)/b9-8+,23-10-,26-21?. The lowest BCUT2D eigenvalue weighted by molar-refractivity contribution is 0.184. The van der Waals surface area contributed by atoms with Crippen molar-refractivity contribution in [3.63, 3.8) is 0 Å². The van der Waals surface area contributed by atoms with Crippen molar-refractivity contribution in [1.29, 1.82) is 0 Å². The smallest absolute Gasteiger partial charge is 0.230 e. The first-order valence-corrected chi connectivity index (χ1v) is 11.4. The molecule has 1 saturated heterocycles. The lowest BCUT2D eigenvalue weighted by atomic mass is 9.99. The lowest BCUT2D eigenvalue weighted by Gasteiger charge is -2.34. The Bertz CT molecular complexity index is 1060. The average molecular weight is 452 g/mol. The SMILES string of the molecule is Cc1cc(NC2=N/C(N3CCN(C)CC3)=C/CC(C)C(/C=C/c3cccc(Cl)c3)=N2)n[nH]1. The molecule has 2 N–H and O–H groups in total. The molecule has 32 heavy (non-hydrogen) atoms. The molecular weight excluding hydrogens is 422 g/mol. The second-order valence-corrected chi connectivity index (χ2v) is 8.85. The normalized spacial score (nSPS) is 22.1. The molecule has 8 heteroatoms.